The number of aromatic nitrogens is 6. The number of hydrogen-bond donors (Lipinski definition) is 5. The number of ether oxygens (including phenoxy) is 4. The van der Waals surface area contributed by atoms with Crippen LogP contribution in [0.25, 0.3) is 11.0 Å². The van der Waals surface area contributed by atoms with Gasteiger partial charge in [0.25, 0.3) is 0 Å². The van der Waals surface area contributed by atoms with Crippen LogP contribution < -0.4 is 20.5 Å². The summed E-state index contributed by atoms with van der Waals surface area (Å²) in [5.41, 5.74) is 8.50. The molecule has 6 N–H and O–H groups in total. The van der Waals surface area contributed by atoms with E-state index in [0.717, 1.165) is 6.20 Å². The van der Waals surface area contributed by atoms with E-state index < -0.39 is 11.6 Å². The lowest BCUT2D eigenvalue weighted by molar-refractivity contribution is 0.0502. The molecule has 0 aliphatic carbocycles. The monoisotopic (exact) mass is 1350 g/mol. The van der Waals surface area contributed by atoms with Gasteiger partial charge in [-0.2, -0.15) is 0 Å². The number of benzene rings is 2. The third-order valence-electron chi connectivity index (χ3n) is 9.04. The third-order valence-corrected chi connectivity index (χ3v) is 11.2. The van der Waals surface area contributed by atoms with Gasteiger partial charge in [-0.25, -0.2) is 8.78 Å². The maximum Gasteiger partial charge on any atom is 0.215 e. The zero-order chi connectivity index (χ0) is 58.7. The van der Waals surface area contributed by atoms with E-state index in [1.165, 1.54) is 112 Å². The number of furan rings is 1. The van der Waals surface area contributed by atoms with Gasteiger partial charge in [-0.15, -0.1) is 0 Å². The van der Waals surface area contributed by atoms with Crippen LogP contribution in [0.4, 0.5) is 31.7 Å². The fourth-order valence-electron chi connectivity index (χ4n) is 5.47. The van der Waals surface area contributed by atoms with Gasteiger partial charge in [0.1, 0.15) is 40.3 Å². The molecule has 0 fully saturated rings. The van der Waals surface area contributed by atoms with E-state index in [-0.39, 0.29) is 118 Å². The predicted molar refractivity (Wildman–Crippen MR) is 344 cm³/mol. The van der Waals surface area contributed by atoms with Gasteiger partial charge in [0.2, 0.25) is 5.88 Å². The van der Waals surface area contributed by atoms with Crippen molar-refractivity contribution in [1.82, 2.24) is 29.9 Å². The molecule has 9 aromatic rings. The number of aldehydes is 2. The van der Waals surface area contributed by atoms with Crippen molar-refractivity contribution in [2.24, 2.45) is 4.99 Å². The average Bonchev–Trinajstić information content (AvgIpc) is 2.96. The number of aliphatic imine (C=N–C) groups is 1. The number of nitrogen functional groups attached to an aromatic ring is 1. The molecule has 19 nitrogen and oxygen atoms in total. The molecule has 86 heavy (non-hydrogen) atoms. The zero-order valence-corrected chi connectivity index (χ0v) is 46.9. The Labute approximate surface area is 537 Å². The Morgan fingerprint density at radius 1 is 0.558 bits per heavy atom. The molecule has 0 bridgehead atoms. The fourth-order valence-corrected chi connectivity index (χ4v) is 6.99. The van der Waals surface area contributed by atoms with Crippen molar-refractivity contribution in [3.05, 3.63) is 191 Å². The first-order valence-electron chi connectivity index (χ1n) is 21.6. The molecule has 0 saturated carbocycles. The standard InChI is InChI=1S/C13H8Cl2FN3O.C12H7Cl2FN2O.C8H8ClNO3.C7H8ClNO2.C6H4ClNO2.C5H4ClNO.6CH4/c14-7-3-6(1-2-9(7)16)19-12-11-8(15)4-18-5-10(11)20-13(12)17;13-9-3-7(1-2-11(9)15)17-4-8-10(14)5-16-6-12(8)18;1-12-5-13-8-3-10-2-7(9)6(8)4-11;1-10-5-11-7-2-6(8)3-9-4-7;7-5-1-8-2-6(10)4(5)3-9;6-4-1-5(8)3-7-2-4;;;;;;/h1-5,19H,17H2;1-6,18H;2-4H,5H2,1H3;2-4H,5H2,1H3;1-3,10H;1-3,8H;6*1H4. The molecule has 0 unspecified atom stereocenters. The number of halogens is 10. The van der Waals surface area contributed by atoms with Gasteiger partial charge in [-0.1, -0.05) is 137 Å². The molecule has 0 atom stereocenters. The highest BCUT2D eigenvalue weighted by Crippen LogP contribution is 2.39. The highest BCUT2D eigenvalue weighted by atomic mass is 35.5. The minimum absolute atomic E-state index is 0. The van der Waals surface area contributed by atoms with Crippen molar-refractivity contribution in [1.29, 1.82) is 0 Å². The second kappa shape index (κ2) is 43.2. The summed E-state index contributed by atoms with van der Waals surface area (Å²) in [5.74, 6) is -0.0941. The van der Waals surface area contributed by atoms with E-state index in [4.69, 9.17) is 127 Å². The average molecular weight is 1360 g/mol. The molecule has 0 saturated heterocycles. The number of nitrogens with one attached hydrogen (secondary N) is 1. The van der Waals surface area contributed by atoms with E-state index in [9.17, 15) is 23.5 Å². The van der Waals surface area contributed by atoms with Gasteiger partial charge in [0.15, 0.2) is 37.5 Å². The molecule has 7 aromatic heterocycles. The van der Waals surface area contributed by atoms with Crippen molar-refractivity contribution in [2.75, 3.05) is 38.9 Å². The largest absolute Gasteiger partial charge is 0.506 e. The lowest BCUT2D eigenvalue weighted by atomic mass is 10.2. The second-order valence-electron chi connectivity index (χ2n) is 14.6. The summed E-state index contributed by atoms with van der Waals surface area (Å²) >= 11 is 45.5. The Hall–Kier alpha value is -7.41. The lowest BCUT2D eigenvalue weighted by Gasteiger charge is -2.06. The number of rotatable bonds is 12. The molecule has 0 aliphatic rings. The highest BCUT2D eigenvalue weighted by molar-refractivity contribution is 6.37. The summed E-state index contributed by atoms with van der Waals surface area (Å²) in [4.78, 5) is 47.2. The first kappa shape index (κ1) is 82.8. The van der Waals surface area contributed by atoms with E-state index in [1.54, 1.807) is 25.6 Å². The summed E-state index contributed by atoms with van der Waals surface area (Å²) in [5, 5.41) is 32.8. The van der Waals surface area contributed by atoms with Crippen LogP contribution >= 0.6 is 92.8 Å². The van der Waals surface area contributed by atoms with Crippen LogP contribution in [0.5, 0.6) is 28.7 Å². The Balaban J connectivity index is -0.000000972. The van der Waals surface area contributed by atoms with Crippen LogP contribution in [0.1, 0.15) is 70.8 Å². The molecular weight excluding hydrogens is 1290 g/mol. The normalized spacial score (nSPS) is 9.49. The van der Waals surface area contributed by atoms with Crippen molar-refractivity contribution in [2.45, 2.75) is 44.6 Å². The molecule has 7 heterocycles. The van der Waals surface area contributed by atoms with Crippen LogP contribution in [-0.4, -0.2) is 91.8 Å². The van der Waals surface area contributed by atoms with Crippen LogP contribution in [0.3, 0.4) is 0 Å². The zero-order valence-electron chi connectivity index (χ0n) is 40.9. The summed E-state index contributed by atoms with van der Waals surface area (Å²) in [7, 11) is 3.04. The van der Waals surface area contributed by atoms with E-state index in [2.05, 4.69) is 44.9 Å². The van der Waals surface area contributed by atoms with E-state index in [0.29, 0.717) is 72.7 Å². The van der Waals surface area contributed by atoms with E-state index >= 15 is 0 Å². The Bertz CT molecular complexity index is 3470. The summed E-state index contributed by atoms with van der Waals surface area (Å²) in [6.45, 7) is 0.269. The van der Waals surface area contributed by atoms with Crippen molar-refractivity contribution in [3.63, 3.8) is 0 Å². The molecule has 0 amide bonds. The fraction of sp³-hybridized carbons (Fsp3) is 0.175. The number of carbonyl (C=O) groups excluding carboxylic acids is 2. The summed E-state index contributed by atoms with van der Waals surface area (Å²) < 4.78 is 50.9. The molecule has 29 heteroatoms. The van der Waals surface area contributed by atoms with Gasteiger partial charge >= 0.3 is 0 Å². The number of nitrogens with two attached hydrogens (primary N) is 1. The first-order valence-corrected chi connectivity index (χ1v) is 24.7. The Kier molecular flexibility index (Phi) is 41.6. The topological polar surface area (TPSA) is 273 Å². The second-order valence-corrected chi connectivity index (χ2v) is 17.9. The quantitative estimate of drug-likeness (QED) is 0.0432. The lowest BCUT2D eigenvalue weighted by Crippen LogP contribution is -2.02. The maximum atomic E-state index is 13.1. The predicted octanol–water partition coefficient (Wildman–Crippen LogP) is 18.3. The SMILES string of the molecule is C.C.C.C.C.C.COCOc1cncc(Cl)c1.COCOc1cncc(Cl)c1C=O.Nc1oc2cncc(Cl)c2c1Nc1ccc(F)c(Cl)c1.O=Cc1c(O)cncc1Cl.Oc1cncc(Cl)c1.Oc1cncc(Cl)c1C=Nc1ccc(F)c(Cl)c1. The number of aromatic hydroxyl groups is 3. The molecule has 0 spiro atoms. The highest BCUT2D eigenvalue weighted by Gasteiger charge is 2.16. The van der Waals surface area contributed by atoms with Gasteiger partial charge in [-0.3, -0.25) is 44.5 Å². The molecule has 2 aromatic carbocycles. The van der Waals surface area contributed by atoms with Gasteiger partial charge in [0.05, 0.1) is 105 Å². The molecular formula is C57H63Cl8F2N9O10. The Morgan fingerprint density at radius 2 is 1.05 bits per heavy atom. The summed E-state index contributed by atoms with van der Waals surface area (Å²) in [6, 6.07) is 11.4. The number of pyridine rings is 6. The van der Waals surface area contributed by atoms with Crippen LogP contribution in [-0.2, 0) is 9.47 Å². The minimum Gasteiger partial charge on any atom is -0.506 e. The van der Waals surface area contributed by atoms with Gasteiger partial charge in [0, 0.05) is 75.4 Å². The number of carbonyl (C=O) groups is 2. The number of methoxy groups -OCH3 is 2. The number of hydrogen-bond acceptors (Lipinski definition) is 19. The molecule has 9 rings (SSSR count). The minimum atomic E-state index is -0.514. The van der Waals surface area contributed by atoms with E-state index in [1.807, 2.05) is 0 Å². The van der Waals surface area contributed by atoms with Gasteiger partial charge in [-0.05, 0) is 36.4 Å². The van der Waals surface area contributed by atoms with Crippen molar-refractivity contribution < 1.29 is 57.1 Å². The molecule has 0 radical (unpaired) electrons. The summed E-state index contributed by atoms with van der Waals surface area (Å²) in [6.07, 6.45) is 19.3. The molecule has 0 aliphatic heterocycles. The van der Waals surface area contributed by atoms with Crippen LogP contribution in [0.15, 0.2) is 132 Å². The third kappa shape index (κ3) is 26.9. The first-order chi connectivity index (χ1) is 38.3. The number of anilines is 3. The smallest absolute Gasteiger partial charge is 0.215 e. The van der Waals surface area contributed by atoms with Crippen molar-refractivity contribution >= 4 is 146 Å². The van der Waals surface area contributed by atoms with Crippen LogP contribution in [0, 0.1) is 11.6 Å². The van der Waals surface area contributed by atoms with Crippen molar-refractivity contribution in [3.8, 4) is 28.7 Å². The number of fused-ring (bicyclic) bond motifs is 1. The Morgan fingerprint density at radius 3 is 1.55 bits per heavy atom. The van der Waals surface area contributed by atoms with Gasteiger partial charge < -0.3 is 49.7 Å². The van der Waals surface area contributed by atoms with Crippen LogP contribution in [0.2, 0.25) is 40.2 Å². The maximum absolute atomic E-state index is 13.1. The molecule has 466 valence electrons. The number of nitrogens with zero attached hydrogens (tertiary/aromatic N) is 7.